The first-order valence-corrected chi connectivity index (χ1v) is 10.9. The largest absolute Gasteiger partial charge is 0.488 e. The van der Waals surface area contributed by atoms with Crippen molar-refractivity contribution < 1.29 is 4.74 Å². The molecule has 1 aromatic heterocycles. The molecule has 1 N–H and O–H groups in total. The van der Waals surface area contributed by atoms with Crippen molar-refractivity contribution in [3.63, 3.8) is 0 Å². The Morgan fingerprint density at radius 2 is 1.87 bits per heavy atom. The quantitative estimate of drug-likeness (QED) is 0.299. The number of nitriles is 1. The summed E-state index contributed by atoms with van der Waals surface area (Å²) >= 11 is 9.46. The molecule has 0 atom stereocenters. The number of benzene rings is 3. The Bertz CT molecular complexity index is 1290. The average molecular weight is 493 g/mol. The molecule has 154 valence electrons. The van der Waals surface area contributed by atoms with Gasteiger partial charge in [-0.05, 0) is 79.1 Å². The summed E-state index contributed by atoms with van der Waals surface area (Å²) in [5.41, 5.74) is 6.31. The van der Waals surface area contributed by atoms with Gasteiger partial charge in [0.25, 0.3) is 0 Å². The first-order chi connectivity index (χ1) is 14.9. The van der Waals surface area contributed by atoms with E-state index in [2.05, 4.69) is 51.9 Å². The predicted molar refractivity (Wildman–Crippen MR) is 129 cm³/mol. The lowest BCUT2D eigenvalue weighted by Gasteiger charge is -2.10. The minimum absolute atomic E-state index is 0.394. The maximum absolute atomic E-state index is 9.83. The monoisotopic (exact) mass is 491 g/mol. The number of hydrogen-bond acceptors (Lipinski definition) is 3. The van der Waals surface area contributed by atoms with Crippen LogP contribution in [0.15, 0.2) is 59.1 Å². The number of aromatic amines is 1. The molecule has 0 radical (unpaired) electrons. The molecule has 0 aliphatic heterocycles. The highest BCUT2D eigenvalue weighted by atomic mass is 79.9. The summed E-state index contributed by atoms with van der Waals surface area (Å²) in [6, 6.07) is 19.6. The van der Waals surface area contributed by atoms with Gasteiger partial charge in [0.1, 0.15) is 24.3 Å². The lowest BCUT2D eigenvalue weighted by atomic mass is 10.1. The van der Waals surface area contributed by atoms with E-state index in [9.17, 15) is 5.26 Å². The standard InChI is InChI=1S/C25H19BrClN3O/c1-15-9-22-23(10-16(15)2)30-25(29-22)19(13-28)11-18-12-20(26)5-8-24(18)31-14-17-3-6-21(27)7-4-17/h3-12H,14H2,1-2H3,(H,29,30). The number of halogens is 2. The highest BCUT2D eigenvalue weighted by Gasteiger charge is 2.12. The molecule has 0 spiro atoms. The summed E-state index contributed by atoms with van der Waals surface area (Å²) in [7, 11) is 0. The van der Waals surface area contributed by atoms with Crippen molar-refractivity contribution >= 4 is 50.2 Å². The van der Waals surface area contributed by atoms with Crippen molar-refractivity contribution in [2.45, 2.75) is 20.5 Å². The van der Waals surface area contributed by atoms with Crippen molar-refractivity contribution in [2.75, 3.05) is 0 Å². The van der Waals surface area contributed by atoms with E-state index in [-0.39, 0.29) is 0 Å². The number of aromatic nitrogens is 2. The minimum atomic E-state index is 0.394. The summed E-state index contributed by atoms with van der Waals surface area (Å²) in [5.74, 6) is 1.21. The molecule has 0 unspecified atom stereocenters. The van der Waals surface area contributed by atoms with Crippen LogP contribution in [-0.2, 0) is 6.61 Å². The van der Waals surface area contributed by atoms with Gasteiger partial charge in [0, 0.05) is 15.1 Å². The summed E-state index contributed by atoms with van der Waals surface area (Å²) in [5, 5.41) is 10.5. The Morgan fingerprint density at radius 3 is 2.61 bits per heavy atom. The van der Waals surface area contributed by atoms with E-state index in [1.54, 1.807) is 6.08 Å². The zero-order valence-electron chi connectivity index (χ0n) is 17.0. The molecule has 0 bridgehead atoms. The molecular weight excluding hydrogens is 474 g/mol. The number of allylic oxidation sites excluding steroid dienone is 1. The summed E-state index contributed by atoms with van der Waals surface area (Å²) in [6.45, 7) is 4.50. The van der Waals surface area contributed by atoms with Crippen LogP contribution in [0.3, 0.4) is 0 Å². The molecule has 4 aromatic rings. The fourth-order valence-corrected chi connectivity index (χ4v) is 3.72. The van der Waals surface area contributed by atoms with Crippen LogP contribution in [-0.4, -0.2) is 9.97 Å². The number of ether oxygens (including phenoxy) is 1. The Morgan fingerprint density at radius 1 is 1.13 bits per heavy atom. The van der Waals surface area contributed by atoms with Gasteiger partial charge in [0.05, 0.1) is 16.6 Å². The first kappa shape index (κ1) is 21.2. The van der Waals surface area contributed by atoms with Crippen LogP contribution in [0, 0.1) is 25.2 Å². The second-order valence-corrected chi connectivity index (χ2v) is 8.66. The van der Waals surface area contributed by atoms with E-state index >= 15 is 0 Å². The Labute approximate surface area is 194 Å². The number of fused-ring (bicyclic) bond motifs is 1. The Balaban J connectivity index is 1.68. The zero-order valence-corrected chi connectivity index (χ0v) is 19.4. The van der Waals surface area contributed by atoms with Crippen LogP contribution in [0.1, 0.15) is 28.1 Å². The molecule has 4 rings (SSSR count). The summed E-state index contributed by atoms with van der Waals surface area (Å²) in [4.78, 5) is 7.89. The van der Waals surface area contributed by atoms with Gasteiger partial charge >= 0.3 is 0 Å². The molecule has 1 heterocycles. The number of imidazole rings is 1. The maximum atomic E-state index is 9.83. The lowest BCUT2D eigenvalue weighted by molar-refractivity contribution is 0.305. The molecule has 0 fully saturated rings. The Hall–Kier alpha value is -3.07. The van der Waals surface area contributed by atoms with Crippen LogP contribution < -0.4 is 4.74 Å². The number of nitrogens with zero attached hydrogens (tertiary/aromatic N) is 2. The van der Waals surface area contributed by atoms with Crippen molar-refractivity contribution in [3.8, 4) is 11.8 Å². The van der Waals surface area contributed by atoms with Gasteiger partial charge in [-0.25, -0.2) is 4.98 Å². The van der Waals surface area contributed by atoms with Gasteiger partial charge in [0.2, 0.25) is 0 Å². The van der Waals surface area contributed by atoms with Gasteiger partial charge in [-0.1, -0.05) is 39.7 Å². The highest BCUT2D eigenvalue weighted by molar-refractivity contribution is 9.10. The third-order valence-electron chi connectivity index (χ3n) is 5.05. The van der Waals surface area contributed by atoms with E-state index in [0.29, 0.717) is 28.8 Å². The van der Waals surface area contributed by atoms with Crippen LogP contribution in [0.5, 0.6) is 5.75 Å². The second-order valence-electron chi connectivity index (χ2n) is 7.31. The van der Waals surface area contributed by atoms with E-state index in [0.717, 1.165) is 32.2 Å². The molecule has 0 saturated carbocycles. The topological polar surface area (TPSA) is 61.7 Å². The average Bonchev–Trinajstić information content (AvgIpc) is 3.15. The fourth-order valence-electron chi connectivity index (χ4n) is 3.21. The van der Waals surface area contributed by atoms with Crippen LogP contribution >= 0.6 is 27.5 Å². The van der Waals surface area contributed by atoms with Gasteiger partial charge in [0.15, 0.2) is 0 Å². The smallest absolute Gasteiger partial charge is 0.149 e. The number of H-pyrrole nitrogens is 1. The van der Waals surface area contributed by atoms with Gasteiger partial charge in [-0.2, -0.15) is 5.26 Å². The summed E-state index contributed by atoms with van der Waals surface area (Å²) < 4.78 is 6.94. The van der Waals surface area contributed by atoms with Crippen molar-refractivity contribution in [3.05, 3.63) is 92.2 Å². The first-order valence-electron chi connectivity index (χ1n) is 9.69. The highest BCUT2D eigenvalue weighted by Crippen LogP contribution is 2.29. The van der Waals surface area contributed by atoms with Crippen molar-refractivity contribution in [2.24, 2.45) is 0 Å². The molecule has 31 heavy (non-hydrogen) atoms. The van der Waals surface area contributed by atoms with Crippen LogP contribution in [0.25, 0.3) is 22.7 Å². The van der Waals surface area contributed by atoms with Gasteiger partial charge < -0.3 is 9.72 Å². The van der Waals surface area contributed by atoms with Crippen molar-refractivity contribution in [1.29, 1.82) is 5.26 Å². The van der Waals surface area contributed by atoms with Crippen LogP contribution in [0.2, 0.25) is 5.02 Å². The van der Waals surface area contributed by atoms with E-state index in [1.165, 1.54) is 5.56 Å². The second kappa shape index (κ2) is 8.97. The third-order valence-corrected chi connectivity index (χ3v) is 5.80. The normalized spacial score (nSPS) is 11.5. The SMILES string of the molecule is Cc1cc2nc(C(C#N)=Cc3cc(Br)ccc3OCc3ccc(Cl)cc3)[nH]c2cc1C. The lowest BCUT2D eigenvalue weighted by Crippen LogP contribution is -1.97. The van der Waals surface area contributed by atoms with Crippen LogP contribution in [0.4, 0.5) is 0 Å². The molecular formula is C25H19BrClN3O. The van der Waals surface area contributed by atoms with E-state index < -0.39 is 0 Å². The number of aryl methyl sites for hydroxylation is 2. The van der Waals surface area contributed by atoms with Gasteiger partial charge in [-0.3, -0.25) is 0 Å². The number of rotatable bonds is 5. The van der Waals surface area contributed by atoms with E-state index in [4.69, 9.17) is 16.3 Å². The minimum Gasteiger partial charge on any atom is -0.488 e. The Kier molecular flexibility index (Phi) is 6.13. The molecule has 0 saturated heterocycles. The van der Waals surface area contributed by atoms with Gasteiger partial charge in [-0.15, -0.1) is 0 Å². The molecule has 4 nitrogen and oxygen atoms in total. The molecule has 0 amide bonds. The summed E-state index contributed by atoms with van der Waals surface area (Å²) in [6.07, 6.45) is 1.79. The van der Waals surface area contributed by atoms with E-state index in [1.807, 2.05) is 48.5 Å². The zero-order chi connectivity index (χ0) is 22.0. The molecule has 3 aromatic carbocycles. The number of nitrogens with one attached hydrogen (secondary N) is 1. The molecule has 6 heteroatoms. The molecule has 0 aliphatic carbocycles. The molecule has 0 aliphatic rings. The number of hydrogen-bond donors (Lipinski definition) is 1. The van der Waals surface area contributed by atoms with Crippen molar-refractivity contribution in [1.82, 2.24) is 9.97 Å². The third kappa shape index (κ3) is 4.82. The predicted octanol–water partition coefficient (Wildman–Crippen LogP) is 7.24. The maximum Gasteiger partial charge on any atom is 0.149 e. The fraction of sp³-hybridized carbons (Fsp3) is 0.120.